The van der Waals surface area contributed by atoms with E-state index in [0.717, 1.165) is 39.4 Å². The van der Waals surface area contributed by atoms with Gasteiger partial charge in [-0.3, -0.25) is 4.79 Å². The van der Waals surface area contributed by atoms with E-state index in [-0.39, 0.29) is 18.6 Å². The molecule has 0 heterocycles. The van der Waals surface area contributed by atoms with E-state index in [1.807, 2.05) is 58.0 Å². The predicted molar refractivity (Wildman–Crippen MR) is 105 cm³/mol. The van der Waals surface area contributed by atoms with Crippen molar-refractivity contribution in [1.29, 1.82) is 0 Å². The second-order valence-electron chi connectivity index (χ2n) is 6.42. The average molecular weight is 376 g/mol. The lowest BCUT2D eigenvalue weighted by atomic mass is 10.0. The molecule has 5 heteroatoms. The molecule has 0 aliphatic heterocycles. The van der Waals surface area contributed by atoms with Gasteiger partial charge in [0.05, 0.1) is 13.2 Å². The molecule has 4 nitrogen and oxygen atoms in total. The first-order valence-corrected chi connectivity index (χ1v) is 9.07. The van der Waals surface area contributed by atoms with Crippen LogP contribution in [-0.4, -0.2) is 19.6 Å². The molecule has 0 saturated carbocycles. The van der Waals surface area contributed by atoms with Gasteiger partial charge in [-0.1, -0.05) is 30.7 Å². The van der Waals surface area contributed by atoms with Crippen LogP contribution in [0.2, 0.25) is 5.02 Å². The minimum Gasteiger partial charge on any atom is -0.496 e. The van der Waals surface area contributed by atoms with Crippen molar-refractivity contribution in [3.63, 3.8) is 0 Å². The fourth-order valence-electron chi connectivity index (χ4n) is 2.91. The highest BCUT2D eigenvalue weighted by atomic mass is 35.5. The van der Waals surface area contributed by atoms with Crippen LogP contribution < -0.4 is 14.8 Å². The third-order valence-electron chi connectivity index (χ3n) is 4.34. The summed E-state index contributed by atoms with van der Waals surface area (Å²) in [5.74, 6) is 1.33. The van der Waals surface area contributed by atoms with Crippen LogP contribution in [0.4, 0.5) is 0 Å². The number of hydrogen-bond acceptors (Lipinski definition) is 3. The fourth-order valence-corrected chi connectivity index (χ4v) is 3.02. The standard InChI is InChI=1S/C21H26ClNO3/c1-6-18(16-7-8-19(25-5)13(2)9-16)23-20(24)12-26-17-10-14(3)21(22)15(4)11-17/h7-11,18H,6,12H2,1-5H3,(H,23,24). The number of nitrogens with one attached hydrogen (secondary N) is 1. The summed E-state index contributed by atoms with van der Waals surface area (Å²) >= 11 is 6.16. The summed E-state index contributed by atoms with van der Waals surface area (Å²) in [6, 6.07) is 9.56. The molecule has 0 aromatic heterocycles. The van der Waals surface area contributed by atoms with E-state index in [0.29, 0.717) is 5.75 Å². The second kappa shape index (κ2) is 8.95. The van der Waals surface area contributed by atoms with E-state index < -0.39 is 0 Å². The van der Waals surface area contributed by atoms with Crippen LogP contribution in [0, 0.1) is 20.8 Å². The minimum atomic E-state index is -0.157. The molecule has 0 spiro atoms. The van der Waals surface area contributed by atoms with E-state index in [4.69, 9.17) is 21.1 Å². The maximum absolute atomic E-state index is 12.3. The van der Waals surface area contributed by atoms with Crippen LogP contribution in [0.15, 0.2) is 30.3 Å². The lowest BCUT2D eigenvalue weighted by Crippen LogP contribution is -2.32. The summed E-state index contributed by atoms with van der Waals surface area (Å²) in [4.78, 5) is 12.3. The Morgan fingerprint density at radius 1 is 1.12 bits per heavy atom. The maximum Gasteiger partial charge on any atom is 0.258 e. The van der Waals surface area contributed by atoms with Crippen molar-refractivity contribution < 1.29 is 14.3 Å². The Kier molecular flexibility index (Phi) is 6.92. The van der Waals surface area contributed by atoms with Crippen molar-refractivity contribution in [3.05, 3.63) is 57.6 Å². The number of halogens is 1. The van der Waals surface area contributed by atoms with Crippen molar-refractivity contribution in [2.24, 2.45) is 0 Å². The molecular formula is C21H26ClNO3. The molecule has 2 aromatic carbocycles. The molecule has 2 aromatic rings. The zero-order chi connectivity index (χ0) is 19.3. The Morgan fingerprint density at radius 3 is 2.31 bits per heavy atom. The third-order valence-corrected chi connectivity index (χ3v) is 4.94. The maximum atomic E-state index is 12.3. The van der Waals surface area contributed by atoms with Gasteiger partial charge in [-0.05, 0) is 67.6 Å². The molecular weight excluding hydrogens is 350 g/mol. The van der Waals surface area contributed by atoms with E-state index in [9.17, 15) is 4.79 Å². The van der Waals surface area contributed by atoms with Crippen LogP contribution in [-0.2, 0) is 4.79 Å². The SMILES string of the molecule is CCC(NC(=O)COc1cc(C)c(Cl)c(C)c1)c1ccc(OC)c(C)c1. The second-order valence-corrected chi connectivity index (χ2v) is 6.80. The molecule has 1 unspecified atom stereocenters. The lowest BCUT2D eigenvalue weighted by Gasteiger charge is -2.19. The summed E-state index contributed by atoms with van der Waals surface area (Å²) in [6.45, 7) is 7.83. The first-order chi connectivity index (χ1) is 12.3. The van der Waals surface area contributed by atoms with Crippen LogP contribution in [0.3, 0.4) is 0 Å². The largest absolute Gasteiger partial charge is 0.496 e. The van der Waals surface area contributed by atoms with Crippen LogP contribution >= 0.6 is 11.6 Å². The number of benzene rings is 2. The number of carbonyl (C=O) groups is 1. The number of aryl methyl sites for hydroxylation is 3. The Hall–Kier alpha value is -2.20. The number of carbonyl (C=O) groups excluding carboxylic acids is 1. The van der Waals surface area contributed by atoms with Gasteiger partial charge in [0.2, 0.25) is 0 Å². The molecule has 0 saturated heterocycles. The van der Waals surface area contributed by atoms with Gasteiger partial charge < -0.3 is 14.8 Å². The summed E-state index contributed by atoms with van der Waals surface area (Å²) < 4.78 is 10.9. The van der Waals surface area contributed by atoms with Crippen molar-refractivity contribution in [2.75, 3.05) is 13.7 Å². The quantitative estimate of drug-likeness (QED) is 0.747. The summed E-state index contributed by atoms with van der Waals surface area (Å²) in [5, 5.41) is 3.75. The van der Waals surface area contributed by atoms with Crippen molar-refractivity contribution in [2.45, 2.75) is 40.2 Å². The molecule has 0 aliphatic rings. The highest BCUT2D eigenvalue weighted by molar-refractivity contribution is 6.32. The topological polar surface area (TPSA) is 47.6 Å². The monoisotopic (exact) mass is 375 g/mol. The summed E-state index contributed by atoms with van der Waals surface area (Å²) in [5.41, 5.74) is 3.96. The Labute approximate surface area is 160 Å². The molecule has 140 valence electrons. The first kappa shape index (κ1) is 20.1. The molecule has 1 atom stereocenters. The molecule has 0 fully saturated rings. The Morgan fingerprint density at radius 2 is 1.77 bits per heavy atom. The number of ether oxygens (including phenoxy) is 2. The van der Waals surface area contributed by atoms with Crippen molar-refractivity contribution in [1.82, 2.24) is 5.32 Å². The van der Waals surface area contributed by atoms with Gasteiger partial charge in [-0.25, -0.2) is 0 Å². The first-order valence-electron chi connectivity index (χ1n) is 8.69. The van der Waals surface area contributed by atoms with E-state index in [1.165, 1.54) is 0 Å². The molecule has 0 aliphatic carbocycles. The zero-order valence-corrected chi connectivity index (χ0v) is 16.7. The predicted octanol–water partition coefficient (Wildman–Crippen LogP) is 4.92. The highest BCUT2D eigenvalue weighted by Crippen LogP contribution is 2.26. The highest BCUT2D eigenvalue weighted by Gasteiger charge is 2.15. The zero-order valence-electron chi connectivity index (χ0n) is 16.0. The molecule has 1 amide bonds. The Bertz CT molecular complexity index is 766. The summed E-state index contributed by atoms with van der Waals surface area (Å²) in [6.07, 6.45) is 0.788. The molecule has 0 radical (unpaired) electrons. The Balaban J connectivity index is 2.00. The normalized spacial score (nSPS) is 11.8. The number of hydrogen-bond donors (Lipinski definition) is 1. The van der Waals surface area contributed by atoms with Crippen LogP contribution in [0.5, 0.6) is 11.5 Å². The van der Waals surface area contributed by atoms with Gasteiger partial charge in [0.15, 0.2) is 6.61 Å². The average Bonchev–Trinajstić information content (AvgIpc) is 2.62. The van der Waals surface area contributed by atoms with Gasteiger partial charge >= 0.3 is 0 Å². The van der Waals surface area contributed by atoms with Crippen LogP contribution in [0.1, 0.15) is 41.6 Å². The van der Waals surface area contributed by atoms with E-state index in [2.05, 4.69) is 5.32 Å². The van der Waals surface area contributed by atoms with Gasteiger partial charge in [-0.2, -0.15) is 0 Å². The van der Waals surface area contributed by atoms with E-state index in [1.54, 1.807) is 7.11 Å². The third kappa shape index (κ3) is 4.92. The van der Waals surface area contributed by atoms with Crippen LogP contribution in [0.25, 0.3) is 0 Å². The van der Waals surface area contributed by atoms with E-state index >= 15 is 0 Å². The minimum absolute atomic E-state index is 0.0356. The number of amides is 1. The van der Waals surface area contributed by atoms with Crippen molar-refractivity contribution >= 4 is 17.5 Å². The van der Waals surface area contributed by atoms with Gasteiger partial charge in [-0.15, -0.1) is 0 Å². The van der Waals surface area contributed by atoms with Gasteiger partial charge in [0.1, 0.15) is 11.5 Å². The molecule has 2 rings (SSSR count). The molecule has 0 bridgehead atoms. The fraction of sp³-hybridized carbons (Fsp3) is 0.381. The summed E-state index contributed by atoms with van der Waals surface area (Å²) in [7, 11) is 1.65. The van der Waals surface area contributed by atoms with Gasteiger partial charge in [0, 0.05) is 5.02 Å². The lowest BCUT2D eigenvalue weighted by molar-refractivity contribution is -0.123. The van der Waals surface area contributed by atoms with Gasteiger partial charge in [0.25, 0.3) is 5.91 Å². The molecule has 1 N–H and O–H groups in total. The number of methoxy groups -OCH3 is 1. The number of rotatable bonds is 7. The molecule has 26 heavy (non-hydrogen) atoms. The van der Waals surface area contributed by atoms with Crippen molar-refractivity contribution in [3.8, 4) is 11.5 Å². The smallest absolute Gasteiger partial charge is 0.258 e.